The number of hydrogen-bond acceptors (Lipinski definition) is 5. The van der Waals surface area contributed by atoms with E-state index >= 15 is 0 Å². The third-order valence-corrected chi connectivity index (χ3v) is 7.13. The van der Waals surface area contributed by atoms with Crippen LogP contribution in [-0.2, 0) is 31.7 Å². The standard InChI is InChI=1S/C25H33NO5S/c1-17-13-21(29-6)14-18(2)24(17)32(28)26-20(12-11-19-9-7-8-10-22(19)26)15-30-16-23(27)31-25(3,4)5/h7-10,13-14,20H,11-12,15-16H2,1-6H3. The minimum Gasteiger partial charge on any atom is -0.497 e. The highest BCUT2D eigenvalue weighted by molar-refractivity contribution is 7.86. The number of para-hydroxylation sites is 1. The van der Waals surface area contributed by atoms with Crippen LogP contribution in [0.4, 0.5) is 5.69 Å². The van der Waals surface area contributed by atoms with Gasteiger partial charge in [0.25, 0.3) is 0 Å². The number of nitrogens with zero attached hydrogens (tertiary/aromatic N) is 1. The Labute approximate surface area is 193 Å². The Balaban J connectivity index is 1.86. The molecule has 0 amide bonds. The van der Waals surface area contributed by atoms with Crippen LogP contribution in [-0.4, -0.2) is 42.1 Å². The molecule has 7 heteroatoms. The Morgan fingerprint density at radius 1 is 1.16 bits per heavy atom. The third-order valence-electron chi connectivity index (χ3n) is 5.28. The van der Waals surface area contributed by atoms with Crippen molar-refractivity contribution >= 4 is 22.6 Å². The molecule has 0 aromatic heterocycles. The number of methoxy groups -OCH3 is 1. The average molecular weight is 460 g/mol. The van der Waals surface area contributed by atoms with Gasteiger partial charge in [0.2, 0.25) is 0 Å². The summed E-state index contributed by atoms with van der Waals surface area (Å²) >= 11 is 0. The van der Waals surface area contributed by atoms with Crippen LogP contribution >= 0.6 is 0 Å². The van der Waals surface area contributed by atoms with Crippen molar-refractivity contribution in [3.63, 3.8) is 0 Å². The van der Waals surface area contributed by atoms with E-state index in [2.05, 4.69) is 6.07 Å². The summed E-state index contributed by atoms with van der Waals surface area (Å²) in [4.78, 5) is 12.8. The highest BCUT2D eigenvalue weighted by Crippen LogP contribution is 2.36. The van der Waals surface area contributed by atoms with Crippen LogP contribution in [0.25, 0.3) is 0 Å². The first-order chi connectivity index (χ1) is 15.1. The number of rotatable bonds is 7. The first-order valence-corrected chi connectivity index (χ1v) is 11.9. The minimum absolute atomic E-state index is 0.128. The number of carbonyl (C=O) groups is 1. The van der Waals surface area contributed by atoms with Gasteiger partial charge in [-0.2, -0.15) is 0 Å². The lowest BCUT2D eigenvalue weighted by Gasteiger charge is -2.38. The lowest BCUT2D eigenvalue weighted by Crippen LogP contribution is -2.44. The molecule has 6 nitrogen and oxygen atoms in total. The fourth-order valence-electron chi connectivity index (χ4n) is 4.00. The van der Waals surface area contributed by atoms with Crippen molar-refractivity contribution in [2.45, 2.75) is 64.0 Å². The largest absolute Gasteiger partial charge is 0.497 e. The van der Waals surface area contributed by atoms with Gasteiger partial charge >= 0.3 is 5.97 Å². The van der Waals surface area contributed by atoms with Gasteiger partial charge in [0.1, 0.15) is 18.0 Å². The molecule has 174 valence electrons. The van der Waals surface area contributed by atoms with Crippen LogP contribution in [0.2, 0.25) is 0 Å². The topological polar surface area (TPSA) is 65.1 Å². The second-order valence-electron chi connectivity index (χ2n) is 9.09. The quantitative estimate of drug-likeness (QED) is 0.570. The molecule has 32 heavy (non-hydrogen) atoms. The molecule has 1 heterocycles. The van der Waals surface area contributed by atoms with E-state index in [1.807, 2.05) is 69.3 Å². The Kier molecular flexibility index (Phi) is 7.62. The third kappa shape index (κ3) is 5.70. The van der Waals surface area contributed by atoms with Gasteiger partial charge in [0.15, 0.2) is 11.0 Å². The van der Waals surface area contributed by atoms with E-state index < -0.39 is 22.6 Å². The Bertz CT molecular complexity index is 975. The van der Waals surface area contributed by atoms with Crippen molar-refractivity contribution < 1.29 is 23.2 Å². The number of benzene rings is 2. The monoisotopic (exact) mass is 459 g/mol. The SMILES string of the molecule is COc1cc(C)c(S(=O)N2c3ccccc3CCC2COCC(=O)OC(C)(C)C)c(C)c1. The first kappa shape index (κ1) is 24.3. The molecule has 0 bridgehead atoms. The maximum atomic E-state index is 13.9. The highest BCUT2D eigenvalue weighted by atomic mass is 32.2. The molecule has 0 N–H and O–H groups in total. The second kappa shape index (κ2) is 10.0. The molecule has 0 spiro atoms. The average Bonchev–Trinajstić information content (AvgIpc) is 2.71. The van der Waals surface area contributed by atoms with Crippen molar-refractivity contribution in [2.75, 3.05) is 24.6 Å². The minimum atomic E-state index is -1.44. The Morgan fingerprint density at radius 2 is 1.81 bits per heavy atom. The van der Waals surface area contributed by atoms with Crippen molar-refractivity contribution in [3.05, 3.63) is 53.1 Å². The molecule has 0 aliphatic carbocycles. The Hall–Kier alpha value is -2.38. The molecule has 0 radical (unpaired) electrons. The van der Waals surface area contributed by atoms with E-state index in [1.165, 1.54) is 0 Å². The molecule has 0 saturated carbocycles. The summed E-state index contributed by atoms with van der Waals surface area (Å²) in [6, 6.07) is 11.7. The van der Waals surface area contributed by atoms with Gasteiger partial charge in [0.05, 0.1) is 30.3 Å². The van der Waals surface area contributed by atoms with Crippen LogP contribution in [0.5, 0.6) is 5.75 Å². The number of ether oxygens (including phenoxy) is 3. The molecular weight excluding hydrogens is 426 g/mol. The van der Waals surface area contributed by atoms with Gasteiger partial charge < -0.3 is 14.2 Å². The van der Waals surface area contributed by atoms with Crippen LogP contribution in [0.15, 0.2) is 41.3 Å². The molecule has 0 saturated heterocycles. The van der Waals surface area contributed by atoms with Crippen molar-refractivity contribution in [2.24, 2.45) is 0 Å². The van der Waals surface area contributed by atoms with Crippen LogP contribution in [0.1, 0.15) is 43.9 Å². The number of carbonyl (C=O) groups excluding carboxylic acids is 1. The number of esters is 1. The van der Waals surface area contributed by atoms with Crippen molar-refractivity contribution in [1.29, 1.82) is 0 Å². The molecule has 2 unspecified atom stereocenters. The molecule has 2 atom stereocenters. The van der Waals surface area contributed by atoms with Crippen molar-refractivity contribution in [1.82, 2.24) is 0 Å². The zero-order valence-corrected chi connectivity index (χ0v) is 20.6. The first-order valence-electron chi connectivity index (χ1n) is 10.8. The summed E-state index contributed by atoms with van der Waals surface area (Å²) in [7, 11) is 0.186. The van der Waals surface area contributed by atoms with Crippen LogP contribution in [0.3, 0.4) is 0 Å². The van der Waals surface area contributed by atoms with Gasteiger partial charge in [-0.15, -0.1) is 0 Å². The second-order valence-corrected chi connectivity index (χ2v) is 10.4. The van der Waals surface area contributed by atoms with Gasteiger partial charge in [-0.25, -0.2) is 9.00 Å². The highest BCUT2D eigenvalue weighted by Gasteiger charge is 2.32. The molecule has 3 rings (SSSR count). The summed E-state index contributed by atoms with van der Waals surface area (Å²) < 4.78 is 32.3. The zero-order chi connectivity index (χ0) is 23.5. The summed E-state index contributed by atoms with van der Waals surface area (Å²) in [6.45, 7) is 9.54. The lowest BCUT2D eigenvalue weighted by atomic mass is 9.98. The van der Waals surface area contributed by atoms with E-state index in [1.54, 1.807) is 7.11 Å². The van der Waals surface area contributed by atoms with Gasteiger partial charge in [0, 0.05) is 0 Å². The summed E-state index contributed by atoms with van der Waals surface area (Å²) in [5, 5.41) is 0. The maximum absolute atomic E-state index is 13.9. The van der Waals surface area contributed by atoms with E-state index in [-0.39, 0.29) is 19.3 Å². The molecule has 2 aromatic rings. The molecule has 2 aromatic carbocycles. The van der Waals surface area contributed by atoms with Gasteiger partial charge in [-0.1, -0.05) is 18.2 Å². The van der Waals surface area contributed by atoms with E-state index in [4.69, 9.17) is 14.2 Å². The zero-order valence-electron chi connectivity index (χ0n) is 19.8. The molecule has 1 aliphatic heterocycles. The molecule has 1 aliphatic rings. The van der Waals surface area contributed by atoms with E-state index in [0.29, 0.717) is 0 Å². The smallest absolute Gasteiger partial charge is 0.332 e. The Morgan fingerprint density at radius 3 is 2.44 bits per heavy atom. The maximum Gasteiger partial charge on any atom is 0.332 e. The number of fused-ring (bicyclic) bond motifs is 1. The summed E-state index contributed by atoms with van der Waals surface area (Å²) in [6.07, 6.45) is 1.65. The number of aryl methyl sites for hydroxylation is 3. The lowest BCUT2D eigenvalue weighted by molar-refractivity contribution is -0.160. The summed E-state index contributed by atoms with van der Waals surface area (Å²) in [5.41, 5.74) is 3.38. The normalized spacial score (nSPS) is 16.9. The molecule has 0 fully saturated rings. The number of anilines is 1. The van der Waals surface area contributed by atoms with Gasteiger partial charge in [-0.05, 0) is 82.3 Å². The number of hydrogen-bond donors (Lipinski definition) is 0. The van der Waals surface area contributed by atoms with E-state index in [9.17, 15) is 9.00 Å². The van der Waals surface area contributed by atoms with Crippen LogP contribution in [0, 0.1) is 13.8 Å². The fraction of sp³-hybridized carbons (Fsp3) is 0.480. The fourth-order valence-corrected chi connectivity index (χ4v) is 5.66. The predicted octanol–water partition coefficient (Wildman–Crippen LogP) is 4.51. The molecular formula is C25H33NO5S. The van der Waals surface area contributed by atoms with Crippen molar-refractivity contribution in [3.8, 4) is 5.75 Å². The predicted molar refractivity (Wildman–Crippen MR) is 127 cm³/mol. The summed E-state index contributed by atoms with van der Waals surface area (Å²) in [5.74, 6) is 0.347. The van der Waals surface area contributed by atoms with Crippen LogP contribution < -0.4 is 9.04 Å². The van der Waals surface area contributed by atoms with E-state index in [0.717, 1.165) is 45.9 Å². The van der Waals surface area contributed by atoms with Gasteiger partial charge in [-0.3, -0.25) is 4.31 Å².